The SMILES string of the molecule is CC(C)(C)OC(=O)NC1CCN(C(=O)c2nnc(Br)s2)CC1. The minimum atomic E-state index is -0.508. The Morgan fingerprint density at radius 2 is 1.95 bits per heavy atom. The van der Waals surface area contributed by atoms with Crippen LogP contribution in [0.25, 0.3) is 0 Å². The van der Waals surface area contributed by atoms with Gasteiger partial charge in [0.1, 0.15) is 5.60 Å². The summed E-state index contributed by atoms with van der Waals surface area (Å²) < 4.78 is 5.83. The van der Waals surface area contributed by atoms with Gasteiger partial charge in [-0.05, 0) is 49.5 Å². The zero-order chi connectivity index (χ0) is 16.3. The van der Waals surface area contributed by atoms with Crippen molar-refractivity contribution in [3.63, 3.8) is 0 Å². The number of rotatable bonds is 2. The summed E-state index contributed by atoms with van der Waals surface area (Å²) in [5.41, 5.74) is -0.508. The topological polar surface area (TPSA) is 84.4 Å². The standard InChI is InChI=1S/C13H19BrN4O3S/c1-13(2,3)21-12(20)15-8-4-6-18(7-5-8)10(19)9-16-17-11(14)22-9/h8H,4-7H2,1-3H3,(H,15,20). The van der Waals surface area contributed by atoms with E-state index in [9.17, 15) is 9.59 Å². The number of carbonyl (C=O) groups is 2. The summed E-state index contributed by atoms with van der Waals surface area (Å²) >= 11 is 4.42. The van der Waals surface area contributed by atoms with Gasteiger partial charge in [-0.2, -0.15) is 0 Å². The van der Waals surface area contributed by atoms with Crippen molar-refractivity contribution in [2.45, 2.75) is 45.3 Å². The van der Waals surface area contributed by atoms with Gasteiger partial charge in [-0.25, -0.2) is 4.79 Å². The number of hydrogen-bond donors (Lipinski definition) is 1. The Bertz CT molecular complexity index is 550. The van der Waals surface area contributed by atoms with E-state index in [1.165, 1.54) is 11.3 Å². The van der Waals surface area contributed by atoms with Crippen molar-refractivity contribution < 1.29 is 14.3 Å². The number of amides is 2. The molecule has 1 N–H and O–H groups in total. The number of aromatic nitrogens is 2. The molecule has 9 heteroatoms. The first-order chi connectivity index (χ1) is 10.2. The van der Waals surface area contributed by atoms with Crippen LogP contribution in [0.4, 0.5) is 4.79 Å². The van der Waals surface area contributed by atoms with Crippen LogP contribution in [0.5, 0.6) is 0 Å². The Morgan fingerprint density at radius 1 is 1.32 bits per heavy atom. The van der Waals surface area contributed by atoms with Gasteiger partial charge < -0.3 is 15.0 Å². The maximum Gasteiger partial charge on any atom is 0.407 e. The van der Waals surface area contributed by atoms with E-state index >= 15 is 0 Å². The predicted octanol–water partition coefficient (Wildman–Crippen LogP) is 2.43. The molecule has 2 amide bonds. The minimum absolute atomic E-state index is 0.0278. The summed E-state index contributed by atoms with van der Waals surface area (Å²) in [7, 11) is 0. The fourth-order valence-electron chi connectivity index (χ4n) is 2.13. The molecule has 7 nitrogen and oxygen atoms in total. The zero-order valence-corrected chi connectivity index (χ0v) is 15.2. The van der Waals surface area contributed by atoms with E-state index in [4.69, 9.17) is 4.74 Å². The molecule has 1 aromatic rings. The quantitative estimate of drug-likeness (QED) is 0.837. The van der Waals surface area contributed by atoms with Gasteiger partial charge in [0, 0.05) is 19.1 Å². The molecule has 0 atom stereocenters. The molecule has 1 fully saturated rings. The number of nitrogens with zero attached hydrogens (tertiary/aromatic N) is 3. The summed E-state index contributed by atoms with van der Waals surface area (Å²) in [6, 6.07) is 0.0278. The van der Waals surface area contributed by atoms with Crippen LogP contribution in [0.15, 0.2) is 3.92 Å². The third-order valence-electron chi connectivity index (χ3n) is 3.09. The van der Waals surface area contributed by atoms with Gasteiger partial charge in [-0.1, -0.05) is 11.3 Å². The van der Waals surface area contributed by atoms with E-state index in [0.717, 1.165) is 0 Å². The first-order valence-electron chi connectivity index (χ1n) is 7.02. The second-order valence-corrected chi connectivity index (χ2v) is 8.33. The molecule has 0 spiro atoms. The van der Waals surface area contributed by atoms with Crippen LogP contribution in [-0.4, -0.2) is 51.8 Å². The highest BCUT2D eigenvalue weighted by atomic mass is 79.9. The number of piperidine rings is 1. The fraction of sp³-hybridized carbons (Fsp3) is 0.692. The molecule has 1 aliphatic heterocycles. The lowest BCUT2D eigenvalue weighted by molar-refractivity contribution is 0.0473. The molecule has 0 radical (unpaired) electrons. The molecule has 1 aliphatic rings. The Labute approximate surface area is 141 Å². The molecule has 2 rings (SSSR count). The number of halogens is 1. The first kappa shape index (κ1) is 17.1. The number of hydrogen-bond acceptors (Lipinski definition) is 6. The largest absolute Gasteiger partial charge is 0.444 e. The smallest absolute Gasteiger partial charge is 0.407 e. The lowest BCUT2D eigenvalue weighted by atomic mass is 10.1. The summed E-state index contributed by atoms with van der Waals surface area (Å²) in [6.07, 6.45) is 0.987. The van der Waals surface area contributed by atoms with Crippen molar-refractivity contribution in [3.05, 3.63) is 8.92 Å². The summed E-state index contributed by atoms with van der Waals surface area (Å²) in [6.45, 7) is 6.64. The second-order valence-electron chi connectivity index (χ2n) is 6.07. The molecule has 1 saturated heterocycles. The van der Waals surface area contributed by atoms with Gasteiger partial charge in [-0.15, -0.1) is 10.2 Å². The predicted molar refractivity (Wildman–Crippen MR) is 85.9 cm³/mol. The molecule has 1 aromatic heterocycles. The molecule has 0 unspecified atom stereocenters. The number of alkyl carbamates (subject to hydrolysis) is 1. The van der Waals surface area contributed by atoms with Gasteiger partial charge >= 0.3 is 6.09 Å². The summed E-state index contributed by atoms with van der Waals surface area (Å²) in [5, 5.41) is 10.9. The van der Waals surface area contributed by atoms with Crippen molar-refractivity contribution in [3.8, 4) is 0 Å². The molecule has 0 aromatic carbocycles. The van der Waals surface area contributed by atoms with Crippen LogP contribution in [-0.2, 0) is 4.74 Å². The van der Waals surface area contributed by atoms with Crippen LogP contribution in [0.1, 0.15) is 43.4 Å². The summed E-state index contributed by atoms with van der Waals surface area (Å²) in [5.74, 6) is -0.112. The average Bonchev–Trinajstić information content (AvgIpc) is 2.83. The molecular weight excluding hydrogens is 372 g/mol. The lowest BCUT2D eigenvalue weighted by Crippen LogP contribution is -2.47. The highest BCUT2D eigenvalue weighted by Crippen LogP contribution is 2.20. The fourth-order valence-corrected chi connectivity index (χ4v) is 3.21. The molecule has 122 valence electrons. The van der Waals surface area contributed by atoms with E-state index in [0.29, 0.717) is 34.9 Å². The number of likely N-dealkylation sites (tertiary alicyclic amines) is 1. The van der Waals surface area contributed by atoms with Crippen LogP contribution in [0, 0.1) is 0 Å². The van der Waals surface area contributed by atoms with Crippen LogP contribution < -0.4 is 5.32 Å². The van der Waals surface area contributed by atoms with Crippen molar-refractivity contribution in [2.75, 3.05) is 13.1 Å². The summed E-state index contributed by atoms with van der Waals surface area (Å²) in [4.78, 5) is 25.7. The van der Waals surface area contributed by atoms with Gasteiger partial charge in [0.2, 0.25) is 5.01 Å². The van der Waals surface area contributed by atoms with E-state index < -0.39 is 11.7 Å². The molecule has 0 aliphatic carbocycles. The molecule has 0 saturated carbocycles. The molecule has 22 heavy (non-hydrogen) atoms. The molecule has 2 heterocycles. The van der Waals surface area contributed by atoms with Gasteiger partial charge in [0.25, 0.3) is 5.91 Å². The van der Waals surface area contributed by atoms with Gasteiger partial charge in [-0.3, -0.25) is 4.79 Å². The zero-order valence-electron chi connectivity index (χ0n) is 12.8. The highest BCUT2D eigenvalue weighted by molar-refractivity contribution is 9.11. The highest BCUT2D eigenvalue weighted by Gasteiger charge is 2.27. The maximum atomic E-state index is 12.2. The van der Waals surface area contributed by atoms with Gasteiger partial charge in [0.15, 0.2) is 3.92 Å². The number of nitrogens with one attached hydrogen (secondary N) is 1. The lowest BCUT2D eigenvalue weighted by Gasteiger charge is -2.32. The Morgan fingerprint density at radius 3 is 2.45 bits per heavy atom. The van der Waals surface area contributed by atoms with E-state index in [1.807, 2.05) is 20.8 Å². The second kappa shape index (κ2) is 6.91. The monoisotopic (exact) mass is 390 g/mol. The normalized spacial score (nSPS) is 16.5. The third-order valence-corrected chi connectivity index (χ3v) is 4.43. The van der Waals surface area contributed by atoms with Crippen LogP contribution in [0.2, 0.25) is 0 Å². The van der Waals surface area contributed by atoms with Crippen LogP contribution >= 0.6 is 27.3 Å². The molecule has 0 bridgehead atoms. The number of carbonyl (C=O) groups excluding carboxylic acids is 2. The van der Waals surface area contributed by atoms with Crippen molar-refractivity contribution >= 4 is 39.3 Å². The van der Waals surface area contributed by atoms with Gasteiger partial charge in [0.05, 0.1) is 0 Å². The Kier molecular flexibility index (Phi) is 5.38. The van der Waals surface area contributed by atoms with Crippen molar-refractivity contribution in [2.24, 2.45) is 0 Å². The maximum absolute atomic E-state index is 12.2. The number of ether oxygens (including phenoxy) is 1. The van der Waals surface area contributed by atoms with E-state index in [1.54, 1.807) is 4.90 Å². The Hall–Kier alpha value is -1.22. The minimum Gasteiger partial charge on any atom is -0.444 e. The van der Waals surface area contributed by atoms with Crippen LogP contribution in [0.3, 0.4) is 0 Å². The van der Waals surface area contributed by atoms with E-state index in [-0.39, 0.29) is 11.9 Å². The Balaban J connectivity index is 1.80. The van der Waals surface area contributed by atoms with Crippen molar-refractivity contribution in [1.29, 1.82) is 0 Å². The first-order valence-corrected chi connectivity index (χ1v) is 8.63. The van der Waals surface area contributed by atoms with Crippen molar-refractivity contribution in [1.82, 2.24) is 20.4 Å². The average molecular weight is 391 g/mol. The third kappa shape index (κ3) is 4.91. The molecular formula is C13H19BrN4O3S. The van der Waals surface area contributed by atoms with E-state index in [2.05, 4.69) is 31.4 Å².